The van der Waals surface area contributed by atoms with Gasteiger partial charge in [0.05, 0.1) is 5.56 Å². The molecule has 1 fully saturated rings. The lowest BCUT2D eigenvalue weighted by Gasteiger charge is -2.17. The van der Waals surface area contributed by atoms with Gasteiger partial charge in [-0.25, -0.2) is 4.39 Å². The molecule has 1 unspecified atom stereocenters. The third kappa shape index (κ3) is 3.38. The highest BCUT2D eigenvalue weighted by Gasteiger charge is 2.27. The number of rotatable bonds is 3. The molecule has 0 aromatic heterocycles. The van der Waals surface area contributed by atoms with Gasteiger partial charge in [0.2, 0.25) is 0 Å². The van der Waals surface area contributed by atoms with Crippen molar-refractivity contribution in [1.82, 2.24) is 4.90 Å². The Labute approximate surface area is 139 Å². The summed E-state index contributed by atoms with van der Waals surface area (Å²) < 4.78 is 14.4. The molecule has 1 aliphatic rings. The third-order valence-electron chi connectivity index (χ3n) is 4.28. The van der Waals surface area contributed by atoms with Crippen molar-refractivity contribution in [3.8, 4) is 11.1 Å². The summed E-state index contributed by atoms with van der Waals surface area (Å²) in [5.41, 5.74) is 7.33. The number of hydrogen-bond donors (Lipinski definition) is 1. The molecule has 1 amide bonds. The molecule has 0 bridgehead atoms. The quantitative estimate of drug-likeness (QED) is 0.934. The average Bonchev–Trinajstić information content (AvgIpc) is 3.04. The summed E-state index contributed by atoms with van der Waals surface area (Å²) >= 11 is 5.86. The number of nitrogens with two attached hydrogens (primary N) is 1. The van der Waals surface area contributed by atoms with Crippen LogP contribution in [0.5, 0.6) is 0 Å². The van der Waals surface area contributed by atoms with Crippen LogP contribution in [0.4, 0.5) is 4.39 Å². The van der Waals surface area contributed by atoms with Crippen LogP contribution in [-0.4, -0.2) is 30.4 Å². The van der Waals surface area contributed by atoms with Gasteiger partial charge in [-0.3, -0.25) is 4.79 Å². The zero-order valence-electron chi connectivity index (χ0n) is 12.6. The van der Waals surface area contributed by atoms with Crippen LogP contribution in [0.1, 0.15) is 16.8 Å². The molecule has 0 radical (unpaired) electrons. The van der Waals surface area contributed by atoms with Crippen molar-refractivity contribution in [2.24, 2.45) is 11.7 Å². The fourth-order valence-corrected chi connectivity index (χ4v) is 3.02. The molecule has 5 heteroatoms. The molecule has 0 spiro atoms. The van der Waals surface area contributed by atoms with Gasteiger partial charge in [-0.2, -0.15) is 0 Å². The van der Waals surface area contributed by atoms with Crippen LogP contribution in [0.2, 0.25) is 5.02 Å². The number of hydrogen-bond acceptors (Lipinski definition) is 2. The maximum absolute atomic E-state index is 14.4. The Kier molecular flexibility index (Phi) is 4.64. The predicted octanol–water partition coefficient (Wildman–Crippen LogP) is 3.57. The Morgan fingerprint density at radius 2 is 1.91 bits per heavy atom. The van der Waals surface area contributed by atoms with Crippen molar-refractivity contribution in [3.63, 3.8) is 0 Å². The lowest BCUT2D eigenvalue weighted by atomic mass is 10.0. The summed E-state index contributed by atoms with van der Waals surface area (Å²) in [6.45, 7) is 1.80. The highest BCUT2D eigenvalue weighted by Crippen LogP contribution is 2.25. The lowest BCUT2D eigenvalue weighted by Crippen LogP contribution is -2.30. The summed E-state index contributed by atoms with van der Waals surface area (Å²) in [6, 6.07) is 11.9. The SMILES string of the molecule is NCC1CCN(C(=O)c2ccc(-c3ccc(Cl)cc3)cc2F)C1. The Morgan fingerprint density at radius 1 is 1.22 bits per heavy atom. The van der Waals surface area contributed by atoms with E-state index in [1.807, 2.05) is 12.1 Å². The van der Waals surface area contributed by atoms with Crippen LogP contribution >= 0.6 is 11.6 Å². The molecule has 2 aromatic carbocycles. The molecule has 2 aromatic rings. The van der Waals surface area contributed by atoms with Crippen LogP contribution < -0.4 is 5.73 Å². The fraction of sp³-hybridized carbons (Fsp3) is 0.278. The van der Waals surface area contributed by atoms with Crippen molar-refractivity contribution in [2.75, 3.05) is 19.6 Å². The minimum Gasteiger partial charge on any atom is -0.338 e. The van der Waals surface area contributed by atoms with E-state index in [-0.39, 0.29) is 11.5 Å². The van der Waals surface area contributed by atoms with E-state index in [1.54, 1.807) is 29.2 Å². The number of amides is 1. The van der Waals surface area contributed by atoms with Gasteiger partial charge in [-0.1, -0.05) is 29.8 Å². The number of carbonyl (C=O) groups excluding carboxylic acids is 1. The van der Waals surface area contributed by atoms with Gasteiger partial charge in [-0.05, 0) is 54.3 Å². The van der Waals surface area contributed by atoms with E-state index in [0.29, 0.717) is 30.6 Å². The smallest absolute Gasteiger partial charge is 0.256 e. The van der Waals surface area contributed by atoms with Crippen LogP contribution in [0.25, 0.3) is 11.1 Å². The molecule has 3 nitrogen and oxygen atoms in total. The van der Waals surface area contributed by atoms with Gasteiger partial charge < -0.3 is 10.6 Å². The first-order chi connectivity index (χ1) is 11.1. The van der Waals surface area contributed by atoms with Crippen molar-refractivity contribution in [3.05, 3.63) is 58.9 Å². The molecule has 2 N–H and O–H groups in total. The molecule has 1 saturated heterocycles. The number of benzene rings is 2. The minimum absolute atomic E-state index is 0.111. The molecule has 1 atom stereocenters. The summed E-state index contributed by atoms with van der Waals surface area (Å²) in [4.78, 5) is 14.1. The van der Waals surface area contributed by atoms with Crippen molar-refractivity contribution < 1.29 is 9.18 Å². The van der Waals surface area contributed by atoms with Crippen molar-refractivity contribution >= 4 is 17.5 Å². The van der Waals surface area contributed by atoms with Crippen molar-refractivity contribution in [1.29, 1.82) is 0 Å². The summed E-state index contributed by atoms with van der Waals surface area (Å²) in [5.74, 6) is -0.449. The van der Waals surface area contributed by atoms with E-state index in [0.717, 1.165) is 17.5 Å². The zero-order chi connectivity index (χ0) is 16.4. The van der Waals surface area contributed by atoms with Gasteiger partial charge in [0, 0.05) is 18.1 Å². The number of carbonyl (C=O) groups is 1. The molecule has 23 heavy (non-hydrogen) atoms. The molecule has 1 aliphatic heterocycles. The molecular weight excluding hydrogens is 315 g/mol. The van der Waals surface area contributed by atoms with E-state index in [9.17, 15) is 9.18 Å². The molecule has 120 valence electrons. The topological polar surface area (TPSA) is 46.3 Å². The molecule has 1 heterocycles. The average molecular weight is 333 g/mol. The van der Waals surface area contributed by atoms with Gasteiger partial charge in [0.15, 0.2) is 0 Å². The zero-order valence-corrected chi connectivity index (χ0v) is 13.4. The van der Waals surface area contributed by atoms with E-state index < -0.39 is 5.82 Å². The normalized spacial score (nSPS) is 17.5. The second-order valence-corrected chi connectivity index (χ2v) is 6.28. The highest BCUT2D eigenvalue weighted by atomic mass is 35.5. The van der Waals surface area contributed by atoms with E-state index in [2.05, 4.69) is 0 Å². The first-order valence-corrected chi connectivity index (χ1v) is 8.01. The second kappa shape index (κ2) is 6.69. The van der Waals surface area contributed by atoms with E-state index in [4.69, 9.17) is 17.3 Å². The Morgan fingerprint density at radius 3 is 2.52 bits per heavy atom. The molecule has 0 saturated carbocycles. The van der Waals surface area contributed by atoms with E-state index >= 15 is 0 Å². The number of nitrogens with zero attached hydrogens (tertiary/aromatic N) is 1. The lowest BCUT2D eigenvalue weighted by molar-refractivity contribution is 0.0783. The third-order valence-corrected chi connectivity index (χ3v) is 4.54. The second-order valence-electron chi connectivity index (χ2n) is 5.84. The Balaban J connectivity index is 1.82. The van der Waals surface area contributed by atoms with Gasteiger partial charge in [0.1, 0.15) is 5.82 Å². The van der Waals surface area contributed by atoms with Crippen LogP contribution in [0, 0.1) is 11.7 Å². The van der Waals surface area contributed by atoms with Crippen LogP contribution in [-0.2, 0) is 0 Å². The largest absolute Gasteiger partial charge is 0.338 e. The van der Waals surface area contributed by atoms with Gasteiger partial charge in [-0.15, -0.1) is 0 Å². The Bertz CT molecular complexity index is 717. The minimum atomic E-state index is -0.501. The van der Waals surface area contributed by atoms with Crippen molar-refractivity contribution in [2.45, 2.75) is 6.42 Å². The molecular formula is C18H18ClFN2O. The highest BCUT2D eigenvalue weighted by molar-refractivity contribution is 6.30. The van der Waals surface area contributed by atoms with Crippen LogP contribution in [0.15, 0.2) is 42.5 Å². The standard InChI is InChI=1S/C18H18ClFN2O/c19-15-4-1-13(2-5-15)14-3-6-16(17(20)9-14)18(23)22-8-7-12(10-21)11-22/h1-6,9,12H,7-8,10-11,21H2. The molecule has 0 aliphatic carbocycles. The number of likely N-dealkylation sites (tertiary alicyclic amines) is 1. The maximum Gasteiger partial charge on any atom is 0.256 e. The first-order valence-electron chi connectivity index (χ1n) is 7.63. The Hall–Kier alpha value is -1.91. The van der Waals surface area contributed by atoms with Gasteiger partial charge in [0.25, 0.3) is 5.91 Å². The monoisotopic (exact) mass is 332 g/mol. The summed E-state index contributed by atoms with van der Waals surface area (Å²) in [6.07, 6.45) is 0.882. The summed E-state index contributed by atoms with van der Waals surface area (Å²) in [7, 11) is 0. The molecule has 3 rings (SSSR count). The number of halogens is 2. The first kappa shape index (κ1) is 16.0. The fourth-order valence-electron chi connectivity index (χ4n) is 2.89. The maximum atomic E-state index is 14.4. The van der Waals surface area contributed by atoms with Crippen LogP contribution in [0.3, 0.4) is 0 Å². The summed E-state index contributed by atoms with van der Waals surface area (Å²) in [5, 5.41) is 0.629. The van der Waals surface area contributed by atoms with Gasteiger partial charge >= 0.3 is 0 Å². The van der Waals surface area contributed by atoms with E-state index in [1.165, 1.54) is 6.07 Å². The predicted molar refractivity (Wildman–Crippen MR) is 89.9 cm³/mol.